The largest absolute Gasteiger partial charge is 0.350 e. The first kappa shape index (κ1) is 16.2. The van der Waals surface area contributed by atoms with Crippen molar-refractivity contribution < 1.29 is 4.79 Å². The highest BCUT2D eigenvalue weighted by Gasteiger charge is 2.25. The quantitative estimate of drug-likeness (QED) is 0.901. The van der Waals surface area contributed by atoms with Gasteiger partial charge in [-0.05, 0) is 55.4 Å². The average Bonchev–Trinajstić information content (AvgIpc) is 3.11. The lowest BCUT2D eigenvalue weighted by Gasteiger charge is -2.36. The standard InChI is InChI=1S/C19H24N2OS/c1-15-9-11-21(12-10-15)17(18-8-5-13-23-18)14-20-19(22)16-6-3-2-4-7-16/h2-8,13,15,17H,9-12,14H2,1H3,(H,20,22)/t17-/m1/s1. The van der Waals surface area contributed by atoms with Gasteiger partial charge in [-0.15, -0.1) is 11.3 Å². The molecular weight excluding hydrogens is 304 g/mol. The minimum atomic E-state index is 0.0116. The van der Waals surface area contributed by atoms with Crippen LogP contribution in [0.5, 0.6) is 0 Å². The molecule has 3 rings (SSSR count). The van der Waals surface area contributed by atoms with E-state index in [9.17, 15) is 4.79 Å². The summed E-state index contributed by atoms with van der Waals surface area (Å²) >= 11 is 1.78. The Kier molecular flexibility index (Phi) is 5.47. The number of rotatable bonds is 5. The number of amides is 1. The molecule has 4 heteroatoms. The number of nitrogens with zero attached hydrogens (tertiary/aromatic N) is 1. The summed E-state index contributed by atoms with van der Waals surface area (Å²) in [7, 11) is 0. The zero-order chi connectivity index (χ0) is 16.1. The van der Waals surface area contributed by atoms with Gasteiger partial charge in [-0.2, -0.15) is 0 Å². The van der Waals surface area contributed by atoms with Gasteiger partial charge in [0, 0.05) is 17.0 Å². The zero-order valence-electron chi connectivity index (χ0n) is 13.6. The molecule has 1 N–H and O–H groups in total. The summed E-state index contributed by atoms with van der Waals surface area (Å²) < 4.78 is 0. The second-order valence-electron chi connectivity index (χ2n) is 6.33. The van der Waals surface area contributed by atoms with E-state index in [1.165, 1.54) is 17.7 Å². The molecule has 122 valence electrons. The monoisotopic (exact) mass is 328 g/mol. The van der Waals surface area contributed by atoms with Crippen molar-refractivity contribution in [3.8, 4) is 0 Å². The van der Waals surface area contributed by atoms with Crippen molar-refractivity contribution in [3.63, 3.8) is 0 Å². The van der Waals surface area contributed by atoms with Crippen LogP contribution in [-0.2, 0) is 0 Å². The maximum Gasteiger partial charge on any atom is 0.251 e. The van der Waals surface area contributed by atoms with Crippen molar-refractivity contribution >= 4 is 17.2 Å². The van der Waals surface area contributed by atoms with Crippen molar-refractivity contribution in [1.29, 1.82) is 0 Å². The highest BCUT2D eigenvalue weighted by Crippen LogP contribution is 2.29. The highest BCUT2D eigenvalue weighted by atomic mass is 32.1. The van der Waals surface area contributed by atoms with Gasteiger partial charge in [-0.1, -0.05) is 31.2 Å². The second-order valence-corrected chi connectivity index (χ2v) is 7.31. The van der Waals surface area contributed by atoms with Crippen molar-refractivity contribution in [3.05, 3.63) is 58.3 Å². The number of hydrogen-bond donors (Lipinski definition) is 1. The molecule has 3 nitrogen and oxygen atoms in total. The van der Waals surface area contributed by atoms with Crippen molar-refractivity contribution in [2.24, 2.45) is 5.92 Å². The van der Waals surface area contributed by atoms with Crippen LogP contribution in [0.15, 0.2) is 47.8 Å². The van der Waals surface area contributed by atoms with E-state index in [0.29, 0.717) is 6.54 Å². The molecule has 1 aliphatic heterocycles. The third-order valence-electron chi connectivity index (χ3n) is 4.62. The maximum absolute atomic E-state index is 12.3. The lowest BCUT2D eigenvalue weighted by molar-refractivity contribution is 0.0915. The summed E-state index contributed by atoms with van der Waals surface area (Å²) in [6, 6.07) is 14.0. The summed E-state index contributed by atoms with van der Waals surface area (Å²) in [5.74, 6) is 0.826. The number of thiophene rings is 1. The van der Waals surface area contributed by atoms with Crippen LogP contribution in [0.3, 0.4) is 0 Å². The smallest absolute Gasteiger partial charge is 0.251 e. The number of piperidine rings is 1. The first-order valence-electron chi connectivity index (χ1n) is 8.34. The molecule has 1 aromatic carbocycles. The molecule has 1 amide bonds. The van der Waals surface area contributed by atoms with E-state index in [1.54, 1.807) is 11.3 Å². The molecule has 0 spiro atoms. The fraction of sp³-hybridized carbons (Fsp3) is 0.421. The number of benzene rings is 1. The van der Waals surface area contributed by atoms with Gasteiger partial charge in [0.2, 0.25) is 0 Å². The Morgan fingerprint density at radius 2 is 1.96 bits per heavy atom. The molecule has 1 saturated heterocycles. The van der Waals surface area contributed by atoms with Crippen LogP contribution >= 0.6 is 11.3 Å². The van der Waals surface area contributed by atoms with Crippen molar-refractivity contribution in [2.45, 2.75) is 25.8 Å². The third-order valence-corrected chi connectivity index (χ3v) is 5.60. The Morgan fingerprint density at radius 1 is 1.22 bits per heavy atom. The van der Waals surface area contributed by atoms with Crippen LogP contribution in [0.1, 0.15) is 41.0 Å². The Bertz CT molecular complexity index is 604. The lowest BCUT2D eigenvalue weighted by Crippen LogP contribution is -2.41. The summed E-state index contributed by atoms with van der Waals surface area (Å²) in [4.78, 5) is 16.2. The molecular formula is C19H24N2OS. The summed E-state index contributed by atoms with van der Waals surface area (Å²) in [6.45, 7) is 5.23. The minimum absolute atomic E-state index is 0.0116. The molecule has 1 aromatic heterocycles. The molecule has 0 aliphatic carbocycles. The normalized spacial score (nSPS) is 17.8. The summed E-state index contributed by atoms with van der Waals surface area (Å²) in [6.07, 6.45) is 2.49. The molecule has 2 aromatic rings. The second kappa shape index (κ2) is 7.75. The van der Waals surface area contributed by atoms with E-state index in [-0.39, 0.29) is 11.9 Å². The summed E-state index contributed by atoms with van der Waals surface area (Å²) in [5.41, 5.74) is 0.727. The van der Waals surface area contributed by atoms with Crippen molar-refractivity contribution in [1.82, 2.24) is 10.2 Å². The van der Waals surface area contributed by atoms with Gasteiger partial charge in [0.25, 0.3) is 5.91 Å². The Hall–Kier alpha value is -1.65. The molecule has 0 saturated carbocycles. The predicted molar refractivity (Wildman–Crippen MR) is 95.8 cm³/mol. The SMILES string of the molecule is CC1CCN([C@H](CNC(=O)c2ccccc2)c2cccs2)CC1. The number of likely N-dealkylation sites (tertiary alicyclic amines) is 1. The molecule has 0 bridgehead atoms. The van der Waals surface area contributed by atoms with Gasteiger partial charge in [0.05, 0.1) is 6.04 Å². The van der Waals surface area contributed by atoms with Crippen LogP contribution in [0.4, 0.5) is 0 Å². The molecule has 1 atom stereocenters. The molecule has 23 heavy (non-hydrogen) atoms. The van der Waals surface area contributed by atoms with E-state index in [2.05, 4.69) is 34.7 Å². The van der Waals surface area contributed by atoms with Crippen LogP contribution in [0.25, 0.3) is 0 Å². The van der Waals surface area contributed by atoms with Crippen molar-refractivity contribution in [2.75, 3.05) is 19.6 Å². The molecule has 1 fully saturated rings. The van der Waals surface area contributed by atoms with E-state index in [4.69, 9.17) is 0 Å². The van der Waals surface area contributed by atoms with Crippen LogP contribution in [0.2, 0.25) is 0 Å². The maximum atomic E-state index is 12.3. The first-order chi connectivity index (χ1) is 11.2. The van der Waals surface area contributed by atoms with Gasteiger partial charge < -0.3 is 5.32 Å². The average molecular weight is 328 g/mol. The lowest BCUT2D eigenvalue weighted by atomic mass is 9.97. The van der Waals surface area contributed by atoms with Gasteiger partial charge in [-0.3, -0.25) is 9.69 Å². The fourth-order valence-corrected chi connectivity index (χ4v) is 3.97. The third kappa shape index (κ3) is 4.21. The number of carbonyl (C=O) groups is 1. The fourth-order valence-electron chi connectivity index (χ4n) is 3.11. The predicted octanol–water partition coefficient (Wildman–Crippen LogP) is 3.95. The van der Waals surface area contributed by atoms with Gasteiger partial charge >= 0.3 is 0 Å². The molecule has 2 heterocycles. The molecule has 0 unspecified atom stereocenters. The minimum Gasteiger partial charge on any atom is -0.350 e. The molecule has 0 radical (unpaired) electrons. The highest BCUT2D eigenvalue weighted by molar-refractivity contribution is 7.10. The van der Waals surface area contributed by atoms with Gasteiger partial charge in [-0.25, -0.2) is 0 Å². The van der Waals surface area contributed by atoms with Gasteiger partial charge in [0.15, 0.2) is 0 Å². The Labute approximate surface area is 142 Å². The van der Waals surface area contributed by atoms with E-state index >= 15 is 0 Å². The van der Waals surface area contributed by atoms with Gasteiger partial charge in [0.1, 0.15) is 0 Å². The zero-order valence-corrected chi connectivity index (χ0v) is 14.4. The van der Waals surface area contributed by atoms with Crippen LogP contribution in [0, 0.1) is 5.92 Å². The van der Waals surface area contributed by atoms with Crippen LogP contribution < -0.4 is 5.32 Å². The van der Waals surface area contributed by atoms with E-state index in [1.807, 2.05) is 30.3 Å². The Balaban J connectivity index is 1.66. The van der Waals surface area contributed by atoms with E-state index < -0.39 is 0 Å². The van der Waals surface area contributed by atoms with E-state index in [0.717, 1.165) is 24.6 Å². The first-order valence-corrected chi connectivity index (χ1v) is 9.22. The molecule has 1 aliphatic rings. The topological polar surface area (TPSA) is 32.3 Å². The number of hydrogen-bond acceptors (Lipinski definition) is 3. The van der Waals surface area contributed by atoms with Crippen LogP contribution in [-0.4, -0.2) is 30.4 Å². The Morgan fingerprint density at radius 3 is 2.61 bits per heavy atom. The summed E-state index contributed by atoms with van der Waals surface area (Å²) in [5, 5.41) is 5.24. The number of nitrogens with one attached hydrogen (secondary N) is 1. The number of carbonyl (C=O) groups excluding carboxylic acids is 1.